The van der Waals surface area contributed by atoms with Crippen molar-refractivity contribution in [3.63, 3.8) is 0 Å². The quantitative estimate of drug-likeness (QED) is 0.247. The molecule has 5 aromatic rings. The van der Waals surface area contributed by atoms with E-state index in [2.05, 4.69) is 42.8 Å². The van der Waals surface area contributed by atoms with E-state index in [0.717, 1.165) is 63.9 Å². The van der Waals surface area contributed by atoms with Gasteiger partial charge in [-0.2, -0.15) is 0 Å². The van der Waals surface area contributed by atoms with Crippen molar-refractivity contribution in [2.45, 2.75) is 38.0 Å². The third-order valence-electron chi connectivity index (χ3n) is 6.94. The summed E-state index contributed by atoms with van der Waals surface area (Å²) in [6, 6.07) is 16.2. The van der Waals surface area contributed by atoms with E-state index in [1.807, 2.05) is 36.4 Å². The number of imidazole rings is 1. The van der Waals surface area contributed by atoms with Gasteiger partial charge in [-0.3, -0.25) is 4.79 Å². The maximum atomic E-state index is 11.1. The minimum Gasteiger partial charge on any atom is -0.481 e. The minimum absolute atomic E-state index is 0.282. The van der Waals surface area contributed by atoms with Gasteiger partial charge < -0.3 is 15.4 Å². The van der Waals surface area contributed by atoms with Crippen LogP contribution in [0.3, 0.4) is 0 Å². The molecule has 3 heterocycles. The Morgan fingerprint density at radius 1 is 1.06 bits per heavy atom. The van der Waals surface area contributed by atoms with Gasteiger partial charge in [-0.25, -0.2) is 15.0 Å². The van der Waals surface area contributed by atoms with Crippen LogP contribution < -0.4 is 5.32 Å². The summed E-state index contributed by atoms with van der Waals surface area (Å²) < 4.78 is 1.10. The van der Waals surface area contributed by atoms with E-state index in [1.165, 1.54) is 5.56 Å². The first kappa shape index (κ1) is 21.7. The fourth-order valence-electron chi connectivity index (χ4n) is 5.15. The standard InChI is InChI=1S/C27H25N5O2S/c33-23(34)13-16-5-7-17(8-6-16)20-14-35-26-24(28-15-29-25(20)26)18-9-11-19(12-10-18)30-27-31-21-3-1-2-4-22(21)32-27/h1-4,9-12,14-17H,5-8,13H2,(H,33,34)(H2,30,31,32). The predicted molar refractivity (Wildman–Crippen MR) is 139 cm³/mol. The number of carboxylic acid groups (broad SMARTS) is 1. The van der Waals surface area contributed by atoms with Gasteiger partial charge in [-0.15, -0.1) is 11.3 Å². The molecule has 176 valence electrons. The number of aromatic nitrogens is 4. The average Bonchev–Trinajstić information content (AvgIpc) is 3.48. The molecule has 0 aliphatic heterocycles. The summed E-state index contributed by atoms with van der Waals surface area (Å²) in [7, 11) is 0. The first-order valence-electron chi connectivity index (χ1n) is 11.9. The van der Waals surface area contributed by atoms with Crippen LogP contribution in [0.5, 0.6) is 0 Å². The first-order valence-corrected chi connectivity index (χ1v) is 12.8. The third-order valence-corrected chi connectivity index (χ3v) is 7.94. The van der Waals surface area contributed by atoms with Gasteiger partial charge in [0.25, 0.3) is 0 Å². The van der Waals surface area contributed by atoms with Crippen molar-refractivity contribution in [2.24, 2.45) is 5.92 Å². The summed E-state index contributed by atoms with van der Waals surface area (Å²) in [6.45, 7) is 0. The van der Waals surface area contributed by atoms with Crippen molar-refractivity contribution >= 4 is 50.2 Å². The number of carbonyl (C=O) groups is 1. The number of anilines is 2. The number of carboxylic acids is 1. The normalized spacial score (nSPS) is 18.2. The topological polar surface area (TPSA) is 104 Å². The van der Waals surface area contributed by atoms with E-state index < -0.39 is 5.97 Å². The van der Waals surface area contributed by atoms with Crippen LogP contribution in [0.1, 0.15) is 43.6 Å². The number of nitrogens with one attached hydrogen (secondary N) is 2. The maximum absolute atomic E-state index is 11.1. The highest BCUT2D eigenvalue weighted by Crippen LogP contribution is 2.42. The smallest absolute Gasteiger partial charge is 0.303 e. The lowest BCUT2D eigenvalue weighted by molar-refractivity contribution is -0.138. The molecule has 3 N–H and O–H groups in total. The summed E-state index contributed by atoms with van der Waals surface area (Å²) in [6.07, 6.45) is 5.91. The highest BCUT2D eigenvalue weighted by atomic mass is 32.1. The number of hydrogen-bond donors (Lipinski definition) is 3. The second-order valence-corrected chi connectivity index (χ2v) is 10.1. The second kappa shape index (κ2) is 9.11. The van der Waals surface area contributed by atoms with Crippen LogP contribution in [0.15, 0.2) is 60.2 Å². The van der Waals surface area contributed by atoms with E-state index >= 15 is 0 Å². The number of rotatable bonds is 6. The SMILES string of the molecule is O=C(O)CC1CCC(c2csc3c(-c4ccc(Nc5nc6ccccc6[nH]5)cc4)ncnc23)CC1. The highest BCUT2D eigenvalue weighted by Gasteiger charge is 2.26. The van der Waals surface area contributed by atoms with Crippen LogP contribution >= 0.6 is 11.3 Å². The predicted octanol–water partition coefficient (Wildman–Crippen LogP) is 6.73. The second-order valence-electron chi connectivity index (χ2n) is 9.21. The van der Waals surface area contributed by atoms with Gasteiger partial charge in [0, 0.05) is 17.7 Å². The molecule has 0 radical (unpaired) electrons. The molecule has 0 amide bonds. The lowest BCUT2D eigenvalue weighted by Gasteiger charge is -2.27. The lowest BCUT2D eigenvalue weighted by atomic mass is 9.78. The molecule has 0 unspecified atom stereocenters. The largest absolute Gasteiger partial charge is 0.481 e. The molecule has 6 rings (SSSR count). The zero-order valence-corrected chi connectivity index (χ0v) is 19.9. The number of nitrogens with zero attached hydrogens (tertiary/aromatic N) is 3. The van der Waals surface area contributed by atoms with Crippen molar-refractivity contribution in [1.29, 1.82) is 0 Å². The van der Waals surface area contributed by atoms with E-state index in [1.54, 1.807) is 17.7 Å². The molecule has 0 atom stereocenters. The van der Waals surface area contributed by atoms with E-state index in [4.69, 9.17) is 5.11 Å². The molecule has 35 heavy (non-hydrogen) atoms. The van der Waals surface area contributed by atoms with Crippen molar-refractivity contribution in [3.8, 4) is 11.3 Å². The number of para-hydroxylation sites is 2. The summed E-state index contributed by atoms with van der Waals surface area (Å²) in [5.74, 6) is 0.757. The van der Waals surface area contributed by atoms with Crippen LogP contribution in [0.4, 0.5) is 11.6 Å². The molecule has 0 saturated heterocycles. The molecule has 0 bridgehead atoms. The van der Waals surface area contributed by atoms with E-state index in [9.17, 15) is 4.79 Å². The molecule has 1 fully saturated rings. The van der Waals surface area contributed by atoms with Gasteiger partial charge in [-0.05, 0) is 72.7 Å². The van der Waals surface area contributed by atoms with Crippen LogP contribution in [0.2, 0.25) is 0 Å². The molecule has 3 aromatic heterocycles. The van der Waals surface area contributed by atoms with Crippen molar-refractivity contribution in [1.82, 2.24) is 19.9 Å². The molecule has 7 nitrogen and oxygen atoms in total. The minimum atomic E-state index is -0.689. The fourth-order valence-corrected chi connectivity index (χ4v) is 6.26. The number of H-pyrrole nitrogens is 1. The average molecular weight is 484 g/mol. The van der Waals surface area contributed by atoms with Crippen LogP contribution in [0, 0.1) is 5.92 Å². The van der Waals surface area contributed by atoms with E-state index in [0.29, 0.717) is 17.8 Å². The zero-order chi connectivity index (χ0) is 23.8. The molecule has 2 aromatic carbocycles. The van der Waals surface area contributed by atoms with E-state index in [-0.39, 0.29) is 6.42 Å². The molecule has 1 aliphatic rings. The summed E-state index contributed by atoms with van der Waals surface area (Å²) in [4.78, 5) is 28.2. The van der Waals surface area contributed by atoms with Crippen LogP contribution in [0.25, 0.3) is 32.5 Å². The Bertz CT molecular complexity index is 1470. The lowest BCUT2D eigenvalue weighted by Crippen LogP contribution is -2.16. The Morgan fingerprint density at radius 2 is 1.86 bits per heavy atom. The van der Waals surface area contributed by atoms with Crippen molar-refractivity contribution < 1.29 is 9.90 Å². The molecule has 0 spiro atoms. The van der Waals surface area contributed by atoms with Crippen LogP contribution in [-0.4, -0.2) is 31.0 Å². The van der Waals surface area contributed by atoms with Gasteiger partial charge in [0.05, 0.1) is 26.9 Å². The van der Waals surface area contributed by atoms with Crippen molar-refractivity contribution in [2.75, 3.05) is 5.32 Å². The third kappa shape index (κ3) is 4.37. The van der Waals surface area contributed by atoms with Gasteiger partial charge in [0.1, 0.15) is 6.33 Å². The van der Waals surface area contributed by atoms with Gasteiger partial charge in [0.15, 0.2) is 0 Å². The molecular weight excluding hydrogens is 458 g/mol. The summed E-state index contributed by atoms with van der Waals surface area (Å²) >= 11 is 1.70. The molecule has 1 saturated carbocycles. The molecular formula is C27H25N5O2S. The molecule has 1 aliphatic carbocycles. The zero-order valence-electron chi connectivity index (χ0n) is 19.1. The number of aromatic amines is 1. The van der Waals surface area contributed by atoms with Gasteiger partial charge >= 0.3 is 5.97 Å². The van der Waals surface area contributed by atoms with Gasteiger partial charge in [-0.1, -0.05) is 24.3 Å². The molecule has 8 heteroatoms. The number of aliphatic carboxylic acids is 1. The fraction of sp³-hybridized carbons (Fsp3) is 0.259. The first-order chi connectivity index (χ1) is 17.1. The number of benzene rings is 2. The monoisotopic (exact) mass is 483 g/mol. The Kier molecular flexibility index (Phi) is 5.66. The van der Waals surface area contributed by atoms with Crippen LogP contribution in [-0.2, 0) is 4.79 Å². The van der Waals surface area contributed by atoms with Crippen molar-refractivity contribution in [3.05, 3.63) is 65.8 Å². The Morgan fingerprint density at radius 3 is 2.63 bits per heavy atom. The summed E-state index contributed by atoms with van der Waals surface area (Å²) in [5, 5.41) is 14.7. The number of fused-ring (bicyclic) bond motifs is 2. The number of thiophene rings is 1. The maximum Gasteiger partial charge on any atom is 0.303 e. The Balaban J connectivity index is 1.21. The Hall–Kier alpha value is -3.78. The highest BCUT2D eigenvalue weighted by molar-refractivity contribution is 7.17. The Labute approximate surface area is 206 Å². The van der Waals surface area contributed by atoms with Gasteiger partial charge in [0.2, 0.25) is 5.95 Å². The number of hydrogen-bond acceptors (Lipinski definition) is 6. The summed E-state index contributed by atoms with van der Waals surface area (Å²) in [5.41, 5.74) is 7.19.